The van der Waals surface area contributed by atoms with Gasteiger partial charge >= 0.3 is 0 Å². The second-order valence-electron chi connectivity index (χ2n) is 4.98. The first-order valence-corrected chi connectivity index (χ1v) is 7.83. The van der Waals surface area contributed by atoms with Crippen LogP contribution in [0.25, 0.3) is 0 Å². The van der Waals surface area contributed by atoms with E-state index in [1.54, 1.807) is 31.2 Å². The lowest BCUT2D eigenvalue weighted by Crippen LogP contribution is -2.50. The normalized spacial score (nSPS) is 29.6. The number of aliphatic hydroxyl groups excluding tert-OH is 1. The highest BCUT2D eigenvalue weighted by Crippen LogP contribution is 2.36. The van der Waals surface area contributed by atoms with Crippen LogP contribution >= 0.6 is 0 Å². The second kappa shape index (κ2) is 5.11. The first-order valence-electron chi connectivity index (χ1n) is 6.39. The van der Waals surface area contributed by atoms with Crippen molar-refractivity contribution in [2.75, 3.05) is 23.9 Å². The van der Waals surface area contributed by atoms with Crippen molar-refractivity contribution >= 4 is 15.7 Å². The number of hydrogen-bond donors (Lipinski definition) is 2. The third-order valence-electron chi connectivity index (χ3n) is 3.69. The predicted molar refractivity (Wildman–Crippen MR) is 75.7 cm³/mol. The molecule has 0 radical (unpaired) electrons. The van der Waals surface area contributed by atoms with Gasteiger partial charge in [-0.3, -0.25) is 4.31 Å². The Kier molecular flexibility index (Phi) is 3.85. The molecule has 0 aromatic heterocycles. The lowest BCUT2D eigenvalue weighted by molar-refractivity contribution is 0.149. The molecule has 5 nitrogen and oxygen atoms in total. The summed E-state index contributed by atoms with van der Waals surface area (Å²) in [6, 6.07) is 8.89. The van der Waals surface area contributed by atoms with Gasteiger partial charge in [0, 0.05) is 6.54 Å². The lowest BCUT2D eigenvalue weighted by atomic mass is 10.0. The van der Waals surface area contributed by atoms with E-state index >= 15 is 0 Å². The summed E-state index contributed by atoms with van der Waals surface area (Å²) in [6.07, 6.45) is -0.906. The molecule has 1 fully saturated rings. The molecular weight excluding hydrogens is 264 g/mol. The van der Waals surface area contributed by atoms with Crippen LogP contribution in [0.15, 0.2) is 30.3 Å². The molecule has 1 aliphatic rings. The molecular formula is C13H20N2O3S. The summed E-state index contributed by atoms with van der Waals surface area (Å²) >= 11 is 0. The largest absolute Gasteiger partial charge is 0.389 e. The van der Waals surface area contributed by atoms with Gasteiger partial charge in [0.15, 0.2) is 0 Å². The Bertz CT molecular complexity index is 532. The van der Waals surface area contributed by atoms with Gasteiger partial charge in [0.1, 0.15) is 4.75 Å². The molecule has 0 aliphatic carbocycles. The van der Waals surface area contributed by atoms with Crippen molar-refractivity contribution in [2.24, 2.45) is 0 Å². The highest BCUT2D eigenvalue weighted by molar-refractivity contribution is 7.94. The number of nitrogens with zero attached hydrogens (tertiary/aromatic N) is 1. The summed E-state index contributed by atoms with van der Waals surface area (Å²) in [5, 5.41) is 13.2. The van der Waals surface area contributed by atoms with E-state index < -0.39 is 20.9 Å². The first-order chi connectivity index (χ1) is 8.93. The van der Waals surface area contributed by atoms with E-state index in [9.17, 15) is 13.5 Å². The van der Waals surface area contributed by atoms with Crippen molar-refractivity contribution in [3.63, 3.8) is 0 Å². The Hall–Kier alpha value is -1.11. The molecule has 6 heteroatoms. The zero-order chi connectivity index (χ0) is 14.1. The standard InChI is InChI=1S/C13H20N2O3S/c1-3-14-10-13(2)12(16)9-15(19(13,17)18)11-7-5-4-6-8-11/h4-8,12,14,16H,3,9-10H2,1-2H3/t12-,13+/m0/s1. The molecule has 2 rings (SSSR count). The van der Waals surface area contributed by atoms with E-state index in [1.165, 1.54) is 4.31 Å². The van der Waals surface area contributed by atoms with Crippen molar-refractivity contribution in [2.45, 2.75) is 24.7 Å². The first kappa shape index (κ1) is 14.3. The van der Waals surface area contributed by atoms with E-state index in [4.69, 9.17) is 0 Å². The number of benzene rings is 1. The van der Waals surface area contributed by atoms with Crippen LogP contribution < -0.4 is 9.62 Å². The van der Waals surface area contributed by atoms with Crippen LogP contribution in [0.4, 0.5) is 5.69 Å². The Labute approximate surface area is 114 Å². The molecule has 0 bridgehead atoms. The third kappa shape index (κ3) is 2.24. The number of sulfonamides is 1. The Morgan fingerprint density at radius 3 is 2.63 bits per heavy atom. The van der Waals surface area contributed by atoms with Crippen molar-refractivity contribution in [1.29, 1.82) is 0 Å². The molecule has 1 aliphatic heterocycles. The highest BCUT2D eigenvalue weighted by Gasteiger charge is 2.55. The molecule has 2 atom stereocenters. The van der Waals surface area contributed by atoms with Crippen molar-refractivity contribution in [1.82, 2.24) is 5.32 Å². The van der Waals surface area contributed by atoms with Gasteiger partial charge in [0.2, 0.25) is 10.0 Å². The van der Waals surface area contributed by atoms with E-state index in [0.29, 0.717) is 12.2 Å². The van der Waals surface area contributed by atoms with Crippen LogP contribution in [-0.2, 0) is 10.0 Å². The molecule has 1 heterocycles. The fraction of sp³-hybridized carbons (Fsp3) is 0.538. The molecule has 2 N–H and O–H groups in total. The minimum Gasteiger partial charge on any atom is -0.389 e. The van der Waals surface area contributed by atoms with Gasteiger partial charge in [-0.25, -0.2) is 8.42 Å². The monoisotopic (exact) mass is 284 g/mol. The number of anilines is 1. The van der Waals surface area contributed by atoms with Crippen molar-refractivity contribution in [3.8, 4) is 0 Å². The number of β-amino-alcohol motifs (C(OH)–C–C–N with tert-alkyl or cyclic N) is 1. The molecule has 0 unspecified atom stereocenters. The predicted octanol–water partition coefficient (Wildman–Crippen LogP) is 0.565. The van der Waals surface area contributed by atoms with Gasteiger partial charge in [-0.1, -0.05) is 25.1 Å². The molecule has 1 saturated heterocycles. The maximum Gasteiger partial charge on any atom is 0.244 e. The van der Waals surface area contributed by atoms with E-state index in [-0.39, 0.29) is 13.1 Å². The van der Waals surface area contributed by atoms with Gasteiger partial charge in [0.25, 0.3) is 0 Å². The number of rotatable bonds is 4. The fourth-order valence-electron chi connectivity index (χ4n) is 2.29. The average molecular weight is 284 g/mol. The quantitative estimate of drug-likeness (QED) is 0.848. The van der Waals surface area contributed by atoms with Crippen molar-refractivity contribution in [3.05, 3.63) is 30.3 Å². The molecule has 0 amide bonds. The minimum atomic E-state index is -3.58. The Morgan fingerprint density at radius 2 is 2.05 bits per heavy atom. The van der Waals surface area contributed by atoms with E-state index in [2.05, 4.69) is 5.32 Å². The Morgan fingerprint density at radius 1 is 1.42 bits per heavy atom. The number of hydrogen-bond acceptors (Lipinski definition) is 4. The van der Waals surface area contributed by atoms with E-state index in [1.807, 2.05) is 13.0 Å². The van der Waals surface area contributed by atoms with Crippen LogP contribution in [0.2, 0.25) is 0 Å². The fourth-order valence-corrected chi connectivity index (χ4v) is 4.24. The van der Waals surface area contributed by atoms with Crippen LogP contribution in [-0.4, -0.2) is 44.0 Å². The highest BCUT2D eigenvalue weighted by atomic mass is 32.2. The topological polar surface area (TPSA) is 69.6 Å². The number of para-hydroxylation sites is 1. The number of aliphatic hydroxyl groups is 1. The minimum absolute atomic E-state index is 0.105. The van der Waals surface area contributed by atoms with Crippen LogP contribution in [0.3, 0.4) is 0 Å². The number of nitrogens with one attached hydrogen (secondary N) is 1. The third-order valence-corrected chi connectivity index (χ3v) is 6.23. The van der Waals surface area contributed by atoms with E-state index in [0.717, 1.165) is 0 Å². The maximum atomic E-state index is 12.7. The Balaban J connectivity index is 2.37. The SMILES string of the molecule is CCNC[C@]1(C)[C@@H](O)CN(c2ccccc2)S1(=O)=O. The summed E-state index contributed by atoms with van der Waals surface area (Å²) < 4.78 is 25.4. The molecule has 0 saturated carbocycles. The molecule has 1 aromatic carbocycles. The summed E-state index contributed by atoms with van der Waals surface area (Å²) in [7, 11) is -3.58. The zero-order valence-corrected chi connectivity index (χ0v) is 12.0. The van der Waals surface area contributed by atoms with Crippen molar-refractivity contribution < 1.29 is 13.5 Å². The molecule has 1 aromatic rings. The summed E-state index contributed by atoms with van der Waals surface area (Å²) in [5.41, 5.74) is 0.599. The van der Waals surface area contributed by atoms with Crippen LogP contribution in [0, 0.1) is 0 Å². The summed E-state index contributed by atoms with van der Waals surface area (Å²) in [4.78, 5) is 0. The lowest BCUT2D eigenvalue weighted by Gasteiger charge is -2.27. The summed E-state index contributed by atoms with van der Waals surface area (Å²) in [6.45, 7) is 4.53. The van der Waals surface area contributed by atoms with Gasteiger partial charge in [-0.15, -0.1) is 0 Å². The van der Waals surface area contributed by atoms with Gasteiger partial charge in [0.05, 0.1) is 18.3 Å². The average Bonchev–Trinajstić information content (AvgIpc) is 2.58. The summed E-state index contributed by atoms with van der Waals surface area (Å²) in [5.74, 6) is 0. The molecule has 0 spiro atoms. The van der Waals surface area contributed by atoms with Gasteiger partial charge in [-0.05, 0) is 25.6 Å². The maximum absolute atomic E-state index is 12.7. The molecule has 19 heavy (non-hydrogen) atoms. The zero-order valence-electron chi connectivity index (χ0n) is 11.2. The smallest absolute Gasteiger partial charge is 0.244 e. The van der Waals surface area contributed by atoms with Gasteiger partial charge < -0.3 is 10.4 Å². The molecule has 106 valence electrons. The van der Waals surface area contributed by atoms with Crippen LogP contribution in [0.5, 0.6) is 0 Å². The second-order valence-corrected chi connectivity index (χ2v) is 7.30. The van der Waals surface area contributed by atoms with Gasteiger partial charge in [-0.2, -0.15) is 0 Å². The van der Waals surface area contributed by atoms with Crippen LogP contribution in [0.1, 0.15) is 13.8 Å².